The highest BCUT2D eigenvalue weighted by Crippen LogP contribution is 2.13. The highest BCUT2D eigenvalue weighted by Gasteiger charge is 2.35. The summed E-state index contributed by atoms with van der Waals surface area (Å²) in [4.78, 5) is 2.37. The normalized spacial score (nSPS) is 39.6. The highest BCUT2D eigenvalue weighted by molar-refractivity contribution is 6.25. The molecular formula is C8H16ClN4+. The Bertz CT molecular complexity index is 196. The van der Waals surface area contributed by atoms with Gasteiger partial charge in [0, 0.05) is 5.54 Å². The zero-order valence-electron chi connectivity index (χ0n) is 7.67. The summed E-state index contributed by atoms with van der Waals surface area (Å²) < 4.78 is 1.03. The summed E-state index contributed by atoms with van der Waals surface area (Å²) in [7, 11) is 0. The molecule has 2 rings (SSSR count). The van der Waals surface area contributed by atoms with Gasteiger partial charge < -0.3 is 0 Å². The van der Waals surface area contributed by atoms with Crippen LogP contribution in [-0.2, 0) is 0 Å². The van der Waals surface area contributed by atoms with Crippen LogP contribution in [-0.4, -0.2) is 49.3 Å². The lowest BCUT2D eigenvalue weighted by molar-refractivity contribution is -0.949. The summed E-state index contributed by atoms with van der Waals surface area (Å²) in [6.07, 6.45) is 2.03. The number of rotatable bonds is 2. The molecule has 2 aliphatic heterocycles. The number of quaternary nitrogens is 1. The van der Waals surface area contributed by atoms with Crippen molar-refractivity contribution in [1.29, 1.82) is 0 Å². The van der Waals surface area contributed by atoms with Crippen LogP contribution in [0.2, 0.25) is 0 Å². The van der Waals surface area contributed by atoms with E-state index < -0.39 is 0 Å². The lowest BCUT2D eigenvalue weighted by Crippen LogP contribution is -2.72. The summed E-state index contributed by atoms with van der Waals surface area (Å²) in [6.45, 7) is 6.19. The van der Waals surface area contributed by atoms with E-state index in [4.69, 9.17) is 11.6 Å². The third-order valence-electron chi connectivity index (χ3n) is 2.65. The lowest BCUT2D eigenvalue weighted by Gasteiger charge is -2.49. The average molecular weight is 204 g/mol. The third kappa shape index (κ3) is 2.03. The second kappa shape index (κ2) is 3.94. The van der Waals surface area contributed by atoms with Crippen LogP contribution in [0.5, 0.6) is 0 Å². The van der Waals surface area contributed by atoms with E-state index in [9.17, 15) is 0 Å². The SMILES string of the molecule is Cl/C=C/C[N+]12CNCN(CNC1)C2. The molecule has 0 aromatic rings. The van der Waals surface area contributed by atoms with Crippen LogP contribution in [0.15, 0.2) is 11.6 Å². The minimum atomic E-state index is 0.998. The monoisotopic (exact) mass is 203 g/mol. The number of hydrogen-bond donors (Lipinski definition) is 2. The van der Waals surface area contributed by atoms with Crippen molar-refractivity contribution in [3.63, 3.8) is 0 Å². The van der Waals surface area contributed by atoms with Crippen LogP contribution in [0.4, 0.5) is 0 Å². The van der Waals surface area contributed by atoms with Crippen LogP contribution in [0.3, 0.4) is 0 Å². The maximum Gasteiger partial charge on any atom is 0.139 e. The van der Waals surface area contributed by atoms with Gasteiger partial charge in [-0.2, -0.15) is 0 Å². The van der Waals surface area contributed by atoms with Crippen molar-refractivity contribution < 1.29 is 4.48 Å². The van der Waals surface area contributed by atoms with Crippen LogP contribution in [0, 0.1) is 0 Å². The smallest absolute Gasteiger partial charge is 0.139 e. The molecule has 2 heterocycles. The Balaban J connectivity index is 2.01. The van der Waals surface area contributed by atoms with Crippen LogP contribution < -0.4 is 10.6 Å². The predicted octanol–water partition coefficient (Wildman–Crippen LogP) is -0.148. The largest absolute Gasteiger partial charge is 0.283 e. The first-order chi connectivity index (χ1) is 6.35. The highest BCUT2D eigenvalue weighted by atomic mass is 35.5. The maximum atomic E-state index is 5.55. The minimum Gasteiger partial charge on any atom is -0.283 e. The summed E-state index contributed by atoms with van der Waals surface area (Å²) in [5, 5.41) is 6.84. The van der Waals surface area contributed by atoms with Gasteiger partial charge >= 0.3 is 0 Å². The average Bonchev–Trinajstić information content (AvgIpc) is 2.15. The molecule has 0 unspecified atom stereocenters. The fourth-order valence-corrected chi connectivity index (χ4v) is 2.16. The van der Waals surface area contributed by atoms with Gasteiger partial charge in [-0.15, -0.1) is 0 Å². The molecule has 2 bridgehead atoms. The molecule has 2 N–H and O–H groups in total. The number of nitrogens with one attached hydrogen (secondary N) is 2. The molecule has 0 aromatic carbocycles. The second-order valence-electron chi connectivity index (χ2n) is 3.83. The topological polar surface area (TPSA) is 27.3 Å². The first-order valence-corrected chi connectivity index (χ1v) is 5.02. The Morgan fingerprint density at radius 2 is 2.00 bits per heavy atom. The molecule has 2 fully saturated rings. The molecule has 74 valence electrons. The van der Waals surface area contributed by atoms with Crippen molar-refractivity contribution in [3.05, 3.63) is 11.6 Å². The molecule has 0 amide bonds. The first-order valence-electron chi connectivity index (χ1n) is 4.59. The van der Waals surface area contributed by atoms with Gasteiger partial charge in [0.25, 0.3) is 0 Å². The molecule has 2 saturated heterocycles. The molecule has 5 heteroatoms. The lowest BCUT2D eigenvalue weighted by atomic mass is 10.3. The van der Waals surface area contributed by atoms with Crippen molar-refractivity contribution in [2.75, 3.05) is 39.9 Å². The van der Waals surface area contributed by atoms with Crippen molar-refractivity contribution in [2.45, 2.75) is 0 Å². The fraction of sp³-hybridized carbons (Fsp3) is 0.750. The van der Waals surface area contributed by atoms with Gasteiger partial charge in [0.2, 0.25) is 0 Å². The van der Waals surface area contributed by atoms with E-state index >= 15 is 0 Å². The van der Waals surface area contributed by atoms with Crippen LogP contribution in [0.25, 0.3) is 0 Å². The molecule has 0 aromatic heterocycles. The summed E-state index contributed by atoms with van der Waals surface area (Å²) in [6, 6.07) is 0. The molecule has 0 spiro atoms. The van der Waals surface area contributed by atoms with E-state index in [1.807, 2.05) is 6.08 Å². The summed E-state index contributed by atoms with van der Waals surface area (Å²) >= 11 is 5.55. The van der Waals surface area contributed by atoms with Crippen LogP contribution in [0.1, 0.15) is 0 Å². The van der Waals surface area contributed by atoms with Crippen LogP contribution >= 0.6 is 11.6 Å². The molecule has 0 atom stereocenters. The Kier molecular flexibility index (Phi) is 2.86. The number of nitrogens with zero attached hydrogens (tertiary/aromatic N) is 2. The molecule has 4 nitrogen and oxygen atoms in total. The van der Waals surface area contributed by atoms with E-state index in [2.05, 4.69) is 15.5 Å². The van der Waals surface area contributed by atoms with Gasteiger partial charge in [0.1, 0.15) is 26.6 Å². The Hall–Kier alpha value is -0.130. The third-order valence-corrected chi connectivity index (χ3v) is 2.83. The van der Waals surface area contributed by atoms with E-state index in [1.165, 1.54) is 0 Å². The van der Waals surface area contributed by atoms with E-state index in [0.717, 1.165) is 44.4 Å². The molecule has 0 radical (unpaired) electrons. The molecule has 2 aliphatic rings. The van der Waals surface area contributed by atoms with Crippen molar-refractivity contribution in [3.8, 4) is 0 Å². The zero-order valence-corrected chi connectivity index (χ0v) is 8.43. The van der Waals surface area contributed by atoms with E-state index in [1.54, 1.807) is 5.54 Å². The van der Waals surface area contributed by atoms with Crippen molar-refractivity contribution in [1.82, 2.24) is 15.5 Å². The van der Waals surface area contributed by atoms with Gasteiger partial charge in [-0.25, -0.2) is 4.90 Å². The molecular weight excluding hydrogens is 188 g/mol. The van der Waals surface area contributed by atoms with Gasteiger partial charge in [-0.05, 0) is 6.08 Å². The Labute approximate surface area is 83.7 Å². The Morgan fingerprint density at radius 3 is 2.62 bits per heavy atom. The standard InChI is InChI=1S/C8H16ClN4/c9-2-1-3-13-6-10-4-12(8-13)5-11-7-13/h1-2,10-11H,3-8H2/q+1/b2-1+. The van der Waals surface area contributed by atoms with E-state index in [-0.39, 0.29) is 0 Å². The minimum absolute atomic E-state index is 0.998. The van der Waals surface area contributed by atoms with Crippen molar-refractivity contribution in [2.24, 2.45) is 0 Å². The molecule has 0 saturated carbocycles. The number of fused-ring (bicyclic) bond motifs is 2. The number of hydrogen-bond acceptors (Lipinski definition) is 3. The Morgan fingerprint density at radius 1 is 1.31 bits per heavy atom. The molecule has 13 heavy (non-hydrogen) atoms. The van der Waals surface area contributed by atoms with Gasteiger partial charge in [-0.1, -0.05) is 11.6 Å². The van der Waals surface area contributed by atoms with E-state index in [0.29, 0.717) is 0 Å². The predicted molar refractivity (Wildman–Crippen MR) is 52.6 cm³/mol. The zero-order chi connectivity index (χ0) is 9.15. The fourth-order valence-electron chi connectivity index (χ4n) is 2.08. The number of halogens is 1. The summed E-state index contributed by atoms with van der Waals surface area (Å²) in [5.74, 6) is 0. The van der Waals surface area contributed by atoms with Gasteiger partial charge in [0.05, 0.1) is 13.3 Å². The second-order valence-corrected chi connectivity index (χ2v) is 4.08. The quantitative estimate of drug-likeness (QED) is 0.612. The van der Waals surface area contributed by atoms with Gasteiger partial charge in [0.15, 0.2) is 0 Å². The molecule has 0 aliphatic carbocycles. The van der Waals surface area contributed by atoms with Gasteiger partial charge in [-0.3, -0.25) is 15.1 Å². The first kappa shape index (κ1) is 9.43. The van der Waals surface area contributed by atoms with Crippen molar-refractivity contribution >= 4 is 11.6 Å². The maximum absolute atomic E-state index is 5.55. The summed E-state index contributed by atoms with van der Waals surface area (Å²) in [5.41, 5.74) is 1.61.